The first-order valence-electron chi connectivity index (χ1n) is 7.12. The van der Waals surface area contributed by atoms with Crippen LogP contribution < -0.4 is 0 Å². The minimum atomic E-state index is 0.168. The zero-order valence-corrected chi connectivity index (χ0v) is 11.5. The molecule has 0 bridgehead atoms. The van der Waals surface area contributed by atoms with Gasteiger partial charge in [0.05, 0.1) is 6.61 Å². The fraction of sp³-hybridized carbons (Fsp3) is 1.00. The molecule has 0 N–H and O–H groups in total. The Hall–Kier alpha value is -0.120. The molecule has 0 atom stereocenters. The van der Waals surface area contributed by atoms with E-state index in [-0.39, 0.29) is 5.60 Å². The Morgan fingerprint density at radius 3 is 2.35 bits per heavy atom. The van der Waals surface area contributed by atoms with Crippen LogP contribution >= 0.6 is 0 Å². The maximum absolute atomic E-state index is 6.09. The highest BCUT2D eigenvalue weighted by molar-refractivity contribution is 5.05. The van der Waals surface area contributed by atoms with Gasteiger partial charge in [0.15, 0.2) is 0 Å². The second-order valence-electron chi connectivity index (χ2n) is 7.11. The molecule has 2 aliphatic heterocycles. The number of hydrogen-bond acceptors (Lipinski definition) is 3. The van der Waals surface area contributed by atoms with Crippen molar-refractivity contribution in [3.05, 3.63) is 0 Å². The van der Waals surface area contributed by atoms with Crippen LogP contribution in [0, 0.1) is 0 Å². The number of hydrogen-bond donors (Lipinski definition) is 0. The Kier molecular flexibility index (Phi) is 2.77. The first-order valence-corrected chi connectivity index (χ1v) is 7.12. The third-order valence-corrected chi connectivity index (χ3v) is 4.78. The van der Waals surface area contributed by atoms with E-state index in [1.54, 1.807) is 0 Å². The van der Waals surface area contributed by atoms with Crippen LogP contribution in [-0.4, -0.2) is 59.8 Å². The molecule has 1 spiro atoms. The van der Waals surface area contributed by atoms with E-state index in [0.29, 0.717) is 5.54 Å². The molecule has 2 heterocycles. The molecule has 0 aromatic carbocycles. The summed E-state index contributed by atoms with van der Waals surface area (Å²) in [7, 11) is 0. The lowest BCUT2D eigenvalue weighted by molar-refractivity contribution is -0.209. The van der Waals surface area contributed by atoms with Crippen LogP contribution in [0.2, 0.25) is 0 Å². The Balaban J connectivity index is 1.58. The first kappa shape index (κ1) is 11.9. The van der Waals surface area contributed by atoms with Crippen LogP contribution in [0.3, 0.4) is 0 Å². The van der Waals surface area contributed by atoms with Gasteiger partial charge in [0.25, 0.3) is 0 Å². The predicted molar refractivity (Wildman–Crippen MR) is 69.2 cm³/mol. The van der Waals surface area contributed by atoms with E-state index in [1.165, 1.54) is 25.8 Å². The molecule has 17 heavy (non-hydrogen) atoms. The molecule has 3 heteroatoms. The quantitative estimate of drug-likeness (QED) is 0.692. The highest BCUT2D eigenvalue weighted by Gasteiger charge is 2.51. The predicted octanol–water partition coefficient (Wildman–Crippen LogP) is 1.72. The van der Waals surface area contributed by atoms with E-state index >= 15 is 0 Å². The van der Waals surface area contributed by atoms with Crippen molar-refractivity contribution >= 4 is 0 Å². The van der Waals surface area contributed by atoms with Gasteiger partial charge < -0.3 is 4.74 Å². The van der Waals surface area contributed by atoms with Crippen LogP contribution in [-0.2, 0) is 4.74 Å². The minimum Gasteiger partial charge on any atom is -0.370 e. The molecule has 98 valence electrons. The largest absolute Gasteiger partial charge is 0.370 e. The van der Waals surface area contributed by atoms with Crippen molar-refractivity contribution in [2.75, 3.05) is 32.8 Å². The Morgan fingerprint density at radius 2 is 1.82 bits per heavy atom. The van der Waals surface area contributed by atoms with Gasteiger partial charge in [-0.15, -0.1) is 0 Å². The molecular formula is C14H26N2O. The second kappa shape index (κ2) is 3.94. The van der Waals surface area contributed by atoms with Crippen molar-refractivity contribution in [1.29, 1.82) is 0 Å². The van der Waals surface area contributed by atoms with Gasteiger partial charge in [0.2, 0.25) is 0 Å². The molecular weight excluding hydrogens is 212 g/mol. The van der Waals surface area contributed by atoms with Crippen molar-refractivity contribution < 1.29 is 4.74 Å². The van der Waals surface area contributed by atoms with Gasteiger partial charge >= 0.3 is 0 Å². The van der Waals surface area contributed by atoms with Gasteiger partial charge in [0, 0.05) is 37.8 Å². The van der Waals surface area contributed by atoms with Gasteiger partial charge in [-0.25, -0.2) is 0 Å². The summed E-state index contributed by atoms with van der Waals surface area (Å²) in [6, 6.07) is 0.875. The summed E-state index contributed by atoms with van der Waals surface area (Å²) >= 11 is 0. The highest BCUT2D eigenvalue weighted by Crippen LogP contribution is 2.36. The number of nitrogens with zero attached hydrogens (tertiary/aromatic N) is 2. The zero-order valence-electron chi connectivity index (χ0n) is 11.5. The lowest BCUT2D eigenvalue weighted by Crippen LogP contribution is -2.74. The van der Waals surface area contributed by atoms with Crippen molar-refractivity contribution in [2.45, 2.75) is 57.2 Å². The fourth-order valence-electron chi connectivity index (χ4n) is 3.25. The third kappa shape index (κ3) is 2.13. The molecule has 0 aromatic heterocycles. The average molecular weight is 238 g/mol. The van der Waals surface area contributed by atoms with Crippen molar-refractivity contribution in [2.24, 2.45) is 0 Å². The second-order valence-corrected chi connectivity index (χ2v) is 7.11. The monoisotopic (exact) mass is 238 g/mol. The van der Waals surface area contributed by atoms with E-state index in [0.717, 1.165) is 32.3 Å². The fourth-order valence-corrected chi connectivity index (χ4v) is 3.25. The molecule has 1 aliphatic carbocycles. The van der Waals surface area contributed by atoms with Gasteiger partial charge in [-0.05, 0) is 33.6 Å². The smallest absolute Gasteiger partial charge is 0.106 e. The van der Waals surface area contributed by atoms with Crippen molar-refractivity contribution in [3.63, 3.8) is 0 Å². The summed E-state index contributed by atoms with van der Waals surface area (Å²) in [6.45, 7) is 12.4. The van der Waals surface area contributed by atoms with Crippen LogP contribution in [0.1, 0.15) is 40.0 Å². The molecule has 3 fully saturated rings. The van der Waals surface area contributed by atoms with Gasteiger partial charge in [-0.2, -0.15) is 0 Å². The van der Waals surface area contributed by atoms with Crippen LogP contribution in [0.5, 0.6) is 0 Å². The molecule has 0 radical (unpaired) electrons. The Labute approximate surface area is 105 Å². The molecule has 3 aliphatic rings. The van der Waals surface area contributed by atoms with E-state index < -0.39 is 0 Å². The van der Waals surface area contributed by atoms with Crippen molar-refractivity contribution in [1.82, 2.24) is 9.80 Å². The summed E-state index contributed by atoms with van der Waals surface area (Å²) in [5, 5.41) is 0. The molecule has 0 amide bonds. The normalized spacial score (nSPS) is 31.2. The topological polar surface area (TPSA) is 15.7 Å². The average Bonchev–Trinajstić information content (AvgIpc) is 2.10. The van der Waals surface area contributed by atoms with E-state index in [4.69, 9.17) is 4.74 Å². The molecule has 0 aromatic rings. The summed E-state index contributed by atoms with van der Waals surface area (Å²) in [5.74, 6) is 0. The Bertz CT molecular complexity index is 287. The number of rotatable bonds is 1. The van der Waals surface area contributed by atoms with Gasteiger partial charge in [0.1, 0.15) is 5.60 Å². The van der Waals surface area contributed by atoms with E-state index in [1.807, 2.05) is 0 Å². The highest BCUT2D eigenvalue weighted by atomic mass is 16.5. The third-order valence-electron chi connectivity index (χ3n) is 4.78. The van der Waals surface area contributed by atoms with Crippen LogP contribution in [0.15, 0.2) is 0 Å². The van der Waals surface area contributed by atoms with Crippen LogP contribution in [0.25, 0.3) is 0 Å². The summed E-state index contributed by atoms with van der Waals surface area (Å²) in [4.78, 5) is 5.23. The summed E-state index contributed by atoms with van der Waals surface area (Å²) in [5.41, 5.74) is 0.467. The van der Waals surface area contributed by atoms with Gasteiger partial charge in [-0.1, -0.05) is 6.42 Å². The standard InChI is InChI=1S/C14H26N2O/c1-13(2,3)16-10-14(11-16)9-15(7-8-17-14)12-5-4-6-12/h12H,4-11H2,1-3H3. The summed E-state index contributed by atoms with van der Waals surface area (Å²) < 4.78 is 6.09. The molecule has 1 saturated carbocycles. The molecule has 3 rings (SSSR count). The summed E-state index contributed by atoms with van der Waals surface area (Å²) in [6.07, 6.45) is 4.27. The molecule has 2 saturated heterocycles. The van der Waals surface area contributed by atoms with E-state index in [2.05, 4.69) is 30.6 Å². The number of likely N-dealkylation sites (tertiary alicyclic amines) is 1. The minimum absolute atomic E-state index is 0.168. The van der Waals surface area contributed by atoms with E-state index in [9.17, 15) is 0 Å². The Morgan fingerprint density at radius 1 is 1.12 bits per heavy atom. The first-order chi connectivity index (χ1) is 7.99. The van der Waals surface area contributed by atoms with Crippen LogP contribution in [0.4, 0.5) is 0 Å². The maximum atomic E-state index is 6.09. The molecule has 0 unspecified atom stereocenters. The number of ether oxygens (including phenoxy) is 1. The number of morpholine rings is 1. The van der Waals surface area contributed by atoms with Gasteiger partial charge in [-0.3, -0.25) is 9.80 Å². The molecule has 3 nitrogen and oxygen atoms in total. The SMILES string of the molecule is CC(C)(C)N1CC2(CN(C3CCC3)CCO2)C1. The zero-order chi connectivity index (χ0) is 12.1. The maximum Gasteiger partial charge on any atom is 0.106 e. The lowest BCUT2D eigenvalue weighted by Gasteiger charge is -2.59. The van der Waals surface area contributed by atoms with Crippen molar-refractivity contribution in [3.8, 4) is 0 Å². The lowest BCUT2D eigenvalue weighted by atomic mass is 9.84.